The topological polar surface area (TPSA) is 41.5 Å². The zero-order chi connectivity index (χ0) is 12.1. The summed E-state index contributed by atoms with van der Waals surface area (Å²) in [6, 6.07) is 3.71. The van der Waals surface area contributed by atoms with E-state index in [0.717, 1.165) is 14.9 Å². The fourth-order valence-corrected chi connectivity index (χ4v) is 2.11. The smallest absolute Gasteiger partial charge is 0.240 e. The first-order valence-corrected chi connectivity index (χ1v) is 6.27. The van der Waals surface area contributed by atoms with Crippen molar-refractivity contribution < 1.29 is 4.79 Å². The van der Waals surface area contributed by atoms with E-state index >= 15 is 0 Å². The number of carbonyl (C=O) groups excluding carboxylic acids is 1. The predicted molar refractivity (Wildman–Crippen MR) is 69.1 cm³/mol. The molecule has 0 saturated heterocycles. The van der Waals surface area contributed by atoms with Crippen molar-refractivity contribution in [3.63, 3.8) is 0 Å². The van der Waals surface area contributed by atoms with Gasteiger partial charge in [0.05, 0.1) is 14.9 Å². The lowest BCUT2D eigenvalue weighted by Crippen LogP contribution is -2.20. The molecule has 0 bridgehead atoms. The van der Waals surface area contributed by atoms with Crippen LogP contribution in [0.4, 0.5) is 0 Å². The summed E-state index contributed by atoms with van der Waals surface area (Å²) in [6.07, 6.45) is 0.488. The predicted octanol–water partition coefficient (Wildman–Crippen LogP) is 3.29. The van der Waals surface area contributed by atoms with Crippen LogP contribution in [0, 0.1) is 5.92 Å². The van der Waals surface area contributed by atoms with Gasteiger partial charge in [0.25, 0.3) is 0 Å². The Morgan fingerprint density at radius 3 is 2.75 bits per heavy atom. The molecule has 1 aromatic heterocycles. The summed E-state index contributed by atoms with van der Waals surface area (Å²) in [6.45, 7) is 5.84. The molecule has 1 aromatic rings. The molecule has 0 aromatic carbocycles. The summed E-state index contributed by atoms with van der Waals surface area (Å²) in [4.78, 5) is 12.3. The Kier molecular flexibility index (Phi) is 4.96. The molecule has 0 fully saturated rings. The van der Waals surface area contributed by atoms with Gasteiger partial charge in [-0.15, -0.1) is 11.3 Å². The molecule has 0 unspecified atom stereocenters. The van der Waals surface area contributed by atoms with Gasteiger partial charge in [-0.1, -0.05) is 25.4 Å². The van der Waals surface area contributed by atoms with Gasteiger partial charge in [0.1, 0.15) is 0 Å². The Balaban J connectivity index is 2.54. The fourth-order valence-electron chi connectivity index (χ4n) is 1.13. The van der Waals surface area contributed by atoms with Crippen LogP contribution in [0.25, 0.3) is 0 Å². The maximum Gasteiger partial charge on any atom is 0.240 e. The molecule has 1 rings (SSSR count). The van der Waals surface area contributed by atoms with Crippen LogP contribution in [0.15, 0.2) is 17.2 Å². The third-order valence-electron chi connectivity index (χ3n) is 1.87. The van der Waals surface area contributed by atoms with Crippen LogP contribution in [-0.2, 0) is 4.79 Å². The quantitative estimate of drug-likeness (QED) is 0.654. The third-order valence-corrected chi connectivity index (χ3v) is 3.21. The first-order valence-electron chi connectivity index (χ1n) is 5.08. The van der Waals surface area contributed by atoms with Gasteiger partial charge < -0.3 is 0 Å². The summed E-state index contributed by atoms with van der Waals surface area (Å²) >= 11 is 7.26. The number of rotatable bonds is 4. The average Bonchev–Trinajstić information content (AvgIpc) is 2.60. The number of nitrogens with one attached hydrogen (secondary N) is 1. The number of hydrazone groups is 1. The molecule has 0 aliphatic rings. The second-order valence-corrected chi connectivity index (χ2v) is 5.65. The number of hydrogen-bond donors (Lipinski definition) is 1. The SMILES string of the molecule is CC(=NNC(=O)CC(C)C)c1ccc(Cl)s1. The van der Waals surface area contributed by atoms with E-state index in [-0.39, 0.29) is 5.91 Å². The van der Waals surface area contributed by atoms with Crippen molar-refractivity contribution in [1.82, 2.24) is 5.43 Å². The molecule has 16 heavy (non-hydrogen) atoms. The first kappa shape index (κ1) is 13.2. The zero-order valence-corrected chi connectivity index (χ0v) is 11.2. The molecular weight excluding hydrogens is 244 g/mol. The Labute approximate surface area is 105 Å². The summed E-state index contributed by atoms with van der Waals surface area (Å²) in [5.74, 6) is 0.281. The highest BCUT2D eigenvalue weighted by Crippen LogP contribution is 2.21. The van der Waals surface area contributed by atoms with E-state index in [2.05, 4.69) is 10.5 Å². The minimum Gasteiger partial charge on any atom is -0.273 e. The highest BCUT2D eigenvalue weighted by Gasteiger charge is 2.05. The lowest BCUT2D eigenvalue weighted by molar-refractivity contribution is -0.121. The van der Waals surface area contributed by atoms with Crippen LogP contribution < -0.4 is 5.43 Å². The van der Waals surface area contributed by atoms with Crippen LogP contribution >= 0.6 is 22.9 Å². The third kappa shape index (κ3) is 4.33. The van der Waals surface area contributed by atoms with Gasteiger partial charge in [-0.25, -0.2) is 5.43 Å². The summed E-state index contributed by atoms with van der Waals surface area (Å²) < 4.78 is 0.720. The molecule has 3 nitrogen and oxygen atoms in total. The maximum absolute atomic E-state index is 11.4. The van der Waals surface area contributed by atoms with E-state index in [1.807, 2.05) is 32.9 Å². The molecule has 0 radical (unpaired) electrons. The average molecular weight is 259 g/mol. The number of carbonyl (C=O) groups is 1. The second-order valence-electron chi connectivity index (χ2n) is 3.93. The Hall–Kier alpha value is -0.870. The fraction of sp³-hybridized carbons (Fsp3) is 0.455. The number of thiophene rings is 1. The number of hydrogen-bond acceptors (Lipinski definition) is 3. The van der Waals surface area contributed by atoms with Crippen LogP contribution in [0.5, 0.6) is 0 Å². The van der Waals surface area contributed by atoms with E-state index in [0.29, 0.717) is 12.3 Å². The van der Waals surface area contributed by atoms with E-state index in [1.54, 1.807) is 0 Å². The first-order chi connectivity index (χ1) is 7.49. The van der Waals surface area contributed by atoms with Crippen molar-refractivity contribution in [2.75, 3.05) is 0 Å². The lowest BCUT2D eigenvalue weighted by atomic mass is 10.1. The molecule has 1 N–H and O–H groups in total. The van der Waals surface area contributed by atoms with Crippen molar-refractivity contribution in [3.05, 3.63) is 21.3 Å². The van der Waals surface area contributed by atoms with Crippen LogP contribution in [0.3, 0.4) is 0 Å². The number of amides is 1. The standard InChI is InChI=1S/C11H15ClN2OS/c1-7(2)6-11(15)14-13-8(3)9-4-5-10(12)16-9/h4-5,7H,6H2,1-3H3,(H,14,15). The van der Waals surface area contributed by atoms with Crippen molar-refractivity contribution in [1.29, 1.82) is 0 Å². The summed E-state index contributed by atoms with van der Waals surface area (Å²) in [7, 11) is 0. The molecule has 5 heteroatoms. The molecule has 88 valence electrons. The molecule has 1 amide bonds. The minimum absolute atomic E-state index is 0.0583. The van der Waals surface area contributed by atoms with Crippen molar-refractivity contribution >= 4 is 34.6 Å². The van der Waals surface area contributed by atoms with Gasteiger partial charge in [-0.05, 0) is 25.0 Å². The van der Waals surface area contributed by atoms with Gasteiger partial charge in [-0.2, -0.15) is 5.10 Å². The Morgan fingerprint density at radius 1 is 1.56 bits per heavy atom. The number of halogens is 1. The molecule has 0 spiro atoms. The highest BCUT2D eigenvalue weighted by molar-refractivity contribution is 7.18. The van der Waals surface area contributed by atoms with Gasteiger partial charge in [0, 0.05) is 6.42 Å². The van der Waals surface area contributed by atoms with Crippen molar-refractivity contribution in [2.24, 2.45) is 11.0 Å². The van der Waals surface area contributed by atoms with Gasteiger partial charge >= 0.3 is 0 Å². The van der Waals surface area contributed by atoms with Crippen molar-refractivity contribution in [3.8, 4) is 0 Å². The largest absolute Gasteiger partial charge is 0.273 e. The van der Waals surface area contributed by atoms with Crippen LogP contribution in [-0.4, -0.2) is 11.6 Å². The molecular formula is C11H15ClN2OS. The molecule has 0 saturated carbocycles. The maximum atomic E-state index is 11.4. The Bertz CT molecular complexity index is 398. The lowest BCUT2D eigenvalue weighted by Gasteiger charge is -2.03. The molecule has 0 aliphatic heterocycles. The van der Waals surface area contributed by atoms with Gasteiger partial charge in [0.15, 0.2) is 0 Å². The van der Waals surface area contributed by atoms with Crippen molar-refractivity contribution in [2.45, 2.75) is 27.2 Å². The molecule has 0 atom stereocenters. The minimum atomic E-state index is -0.0583. The highest BCUT2D eigenvalue weighted by atomic mass is 35.5. The van der Waals surface area contributed by atoms with E-state index in [1.165, 1.54) is 11.3 Å². The van der Waals surface area contributed by atoms with Gasteiger partial charge in [-0.3, -0.25) is 4.79 Å². The van der Waals surface area contributed by atoms with Gasteiger partial charge in [0.2, 0.25) is 5.91 Å². The van der Waals surface area contributed by atoms with E-state index in [4.69, 9.17) is 11.6 Å². The molecule has 0 aliphatic carbocycles. The normalized spacial score (nSPS) is 11.9. The number of nitrogens with zero attached hydrogens (tertiary/aromatic N) is 1. The second kappa shape index (κ2) is 6.01. The Morgan fingerprint density at radius 2 is 2.25 bits per heavy atom. The summed E-state index contributed by atoms with van der Waals surface area (Å²) in [5.41, 5.74) is 3.31. The van der Waals surface area contributed by atoms with E-state index in [9.17, 15) is 4.79 Å². The summed E-state index contributed by atoms with van der Waals surface area (Å²) in [5, 5.41) is 4.03. The van der Waals surface area contributed by atoms with Crippen LogP contribution in [0.1, 0.15) is 32.1 Å². The van der Waals surface area contributed by atoms with Crippen LogP contribution in [0.2, 0.25) is 4.34 Å². The molecule has 1 heterocycles. The monoisotopic (exact) mass is 258 g/mol. The van der Waals surface area contributed by atoms with E-state index < -0.39 is 0 Å². The zero-order valence-electron chi connectivity index (χ0n) is 9.58.